The van der Waals surface area contributed by atoms with Crippen molar-refractivity contribution in [3.63, 3.8) is 0 Å². The minimum Gasteiger partial charge on any atom is -0.379 e. The minimum atomic E-state index is -0.0124. The number of benzene rings is 2. The second kappa shape index (κ2) is 9.65. The van der Waals surface area contributed by atoms with E-state index in [1.165, 1.54) is 11.3 Å². The fraction of sp³-hybridized carbons (Fsp3) is 0.417. The fourth-order valence-electron chi connectivity index (χ4n) is 4.02. The van der Waals surface area contributed by atoms with Crippen LogP contribution >= 0.6 is 22.9 Å². The summed E-state index contributed by atoms with van der Waals surface area (Å²) < 4.78 is 6.38. The van der Waals surface area contributed by atoms with Gasteiger partial charge in [0.15, 0.2) is 5.13 Å². The predicted octanol–water partition coefficient (Wildman–Crippen LogP) is 5.24. The number of amides is 1. The van der Waals surface area contributed by atoms with Crippen LogP contribution in [0.3, 0.4) is 0 Å². The summed E-state index contributed by atoms with van der Waals surface area (Å²) in [6.45, 7) is 11.1. The summed E-state index contributed by atoms with van der Waals surface area (Å²) >= 11 is 7.93. The highest BCUT2D eigenvalue weighted by molar-refractivity contribution is 7.23. The van der Waals surface area contributed by atoms with E-state index in [0.29, 0.717) is 22.3 Å². The highest BCUT2D eigenvalue weighted by atomic mass is 35.5. The van der Waals surface area contributed by atoms with Crippen molar-refractivity contribution in [3.05, 3.63) is 57.6 Å². The lowest BCUT2D eigenvalue weighted by Gasteiger charge is -2.27. The Labute approximate surface area is 192 Å². The second-order valence-corrected chi connectivity index (χ2v) is 9.56. The molecule has 3 aromatic rings. The van der Waals surface area contributed by atoms with Gasteiger partial charge in [-0.05, 0) is 51.0 Å². The molecule has 0 radical (unpaired) electrons. The van der Waals surface area contributed by atoms with Gasteiger partial charge in [0.1, 0.15) is 0 Å². The van der Waals surface area contributed by atoms with Crippen LogP contribution in [-0.2, 0) is 4.74 Å². The zero-order chi connectivity index (χ0) is 22.0. The Morgan fingerprint density at radius 1 is 1.16 bits per heavy atom. The zero-order valence-electron chi connectivity index (χ0n) is 18.3. The quantitative estimate of drug-likeness (QED) is 0.507. The molecule has 0 bridgehead atoms. The molecule has 1 saturated heterocycles. The number of rotatable bonds is 6. The highest BCUT2D eigenvalue weighted by Gasteiger charge is 2.23. The van der Waals surface area contributed by atoms with Gasteiger partial charge >= 0.3 is 0 Å². The number of thiazole rings is 1. The monoisotopic (exact) mass is 457 g/mol. The van der Waals surface area contributed by atoms with E-state index in [-0.39, 0.29) is 5.91 Å². The van der Waals surface area contributed by atoms with E-state index in [4.69, 9.17) is 21.3 Å². The van der Waals surface area contributed by atoms with Crippen LogP contribution in [0.4, 0.5) is 5.13 Å². The third kappa shape index (κ3) is 5.09. The smallest absolute Gasteiger partial charge is 0.260 e. The third-order valence-electron chi connectivity index (χ3n) is 5.59. The molecule has 31 heavy (non-hydrogen) atoms. The van der Waals surface area contributed by atoms with Crippen molar-refractivity contribution >= 4 is 44.2 Å². The molecule has 1 aliphatic heterocycles. The van der Waals surface area contributed by atoms with E-state index in [1.54, 1.807) is 0 Å². The van der Waals surface area contributed by atoms with Gasteiger partial charge in [-0.2, -0.15) is 0 Å². The topological polar surface area (TPSA) is 45.7 Å². The Balaban J connectivity index is 1.64. The Bertz CT molecular complexity index is 1030. The van der Waals surface area contributed by atoms with Crippen LogP contribution < -0.4 is 4.90 Å². The SMILES string of the molecule is Cc1cc(C)cc(C(=O)N(CCCN2CCOCC2)c2nc3c(C)ccc(Cl)c3s2)c1. The first kappa shape index (κ1) is 22.2. The maximum Gasteiger partial charge on any atom is 0.260 e. The van der Waals surface area contributed by atoms with E-state index < -0.39 is 0 Å². The molecular weight excluding hydrogens is 430 g/mol. The van der Waals surface area contributed by atoms with Crippen LogP contribution in [0.25, 0.3) is 10.2 Å². The number of ether oxygens (including phenoxy) is 1. The number of aryl methyl sites for hydroxylation is 3. The van der Waals surface area contributed by atoms with Gasteiger partial charge in [-0.1, -0.05) is 46.2 Å². The van der Waals surface area contributed by atoms with Crippen molar-refractivity contribution in [2.75, 3.05) is 44.3 Å². The Kier molecular flexibility index (Phi) is 6.92. The van der Waals surface area contributed by atoms with Gasteiger partial charge in [0.05, 0.1) is 28.5 Å². The number of hydrogen-bond donors (Lipinski definition) is 0. The molecule has 1 aliphatic rings. The average molecular weight is 458 g/mol. The normalized spacial score (nSPS) is 14.8. The number of nitrogens with zero attached hydrogens (tertiary/aromatic N) is 3. The summed E-state index contributed by atoms with van der Waals surface area (Å²) in [5, 5.41) is 1.38. The van der Waals surface area contributed by atoms with Gasteiger partial charge in [0, 0.05) is 31.7 Å². The summed E-state index contributed by atoms with van der Waals surface area (Å²) in [6, 6.07) is 9.87. The van der Waals surface area contributed by atoms with Crippen LogP contribution in [0.15, 0.2) is 30.3 Å². The number of carbonyl (C=O) groups excluding carboxylic acids is 1. The number of carbonyl (C=O) groups is 1. The third-order valence-corrected chi connectivity index (χ3v) is 7.13. The molecule has 0 atom stereocenters. The van der Waals surface area contributed by atoms with Gasteiger partial charge in [0.2, 0.25) is 0 Å². The van der Waals surface area contributed by atoms with Crippen molar-refractivity contribution in [1.82, 2.24) is 9.88 Å². The van der Waals surface area contributed by atoms with E-state index >= 15 is 0 Å². The number of aromatic nitrogens is 1. The summed E-state index contributed by atoms with van der Waals surface area (Å²) in [5.41, 5.74) is 4.80. The van der Waals surface area contributed by atoms with Crippen LogP contribution in [0, 0.1) is 20.8 Å². The minimum absolute atomic E-state index is 0.0124. The Morgan fingerprint density at radius 3 is 2.55 bits per heavy atom. The molecule has 2 heterocycles. The van der Waals surface area contributed by atoms with Gasteiger partial charge in [-0.15, -0.1) is 0 Å². The molecule has 0 saturated carbocycles. The van der Waals surface area contributed by atoms with Crippen LogP contribution in [0.5, 0.6) is 0 Å². The first-order chi connectivity index (χ1) is 14.9. The molecule has 7 heteroatoms. The van der Waals surface area contributed by atoms with Crippen LogP contribution in [-0.4, -0.2) is 55.2 Å². The van der Waals surface area contributed by atoms with E-state index in [9.17, 15) is 4.79 Å². The molecule has 0 N–H and O–H groups in total. The fourth-order valence-corrected chi connectivity index (χ4v) is 5.36. The first-order valence-corrected chi connectivity index (χ1v) is 11.9. The molecule has 0 aliphatic carbocycles. The largest absolute Gasteiger partial charge is 0.379 e. The Morgan fingerprint density at radius 2 is 1.87 bits per heavy atom. The van der Waals surface area contributed by atoms with Crippen molar-refractivity contribution < 1.29 is 9.53 Å². The van der Waals surface area contributed by atoms with E-state index in [1.807, 2.05) is 49.9 Å². The van der Waals surface area contributed by atoms with E-state index in [0.717, 1.165) is 66.2 Å². The molecule has 0 spiro atoms. The van der Waals surface area contributed by atoms with Gasteiger partial charge in [-0.3, -0.25) is 14.6 Å². The molecule has 4 rings (SSSR count). The van der Waals surface area contributed by atoms with Crippen LogP contribution in [0.1, 0.15) is 33.5 Å². The Hall–Kier alpha value is -1.99. The lowest BCUT2D eigenvalue weighted by Crippen LogP contribution is -2.39. The van der Waals surface area contributed by atoms with E-state index in [2.05, 4.69) is 11.0 Å². The molecule has 1 fully saturated rings. The van der Waals surface area contributed by atoms with Gasteiger partial charge in [-0.25, -0.2) is 4.98 Å². The first-order valence-electron chi connectivity index (χ1n) is 10.7. The maximum absolute atomic E-state index is 13.6. The molecule has 164 valence electrons. The van der Waals surface area contributed by atoms with Crippen molar-refractivity contribution in [3.8, 4) is 0 Å². The number of fused-ring (bicyclic) bond motifs is 1. The van der Waals surface area contributed by atoms with Gasteiger partial charge < -0.3 is 4.74 Å². The van der Waals surface area contributed by atoms with Gasteiger partial charge in [0.25, 0.3) is 5.91 Å². The van der Waals surface area contributed by atoms with Crippen LogP contribution in [0.2, 0.25) is 5.02 Å². The molecule has 5 nitrogen and oxygen atoms in total. The summed E-state index contributed by atoms with van der Waals surface area (Å²) in [7, 11) is 0. The second-order valence-electron chi connectivity index (χ2n) is 8.18. The summed E-state index contributed by atoms with van der Waals surface area (Å²) in [6.07, 6.45) is 0.874. The highest BCUT2D eigenvalue weighted by Crippen LogP contribution is 2.36. The lowest BCUT2D eigenvalue weighted by molar-refractivity contribution is 0.0376. The molecular formula is C24H28ClN3O2S. The maximum atomic E-state index is 13.6. The summed E-state index contributed by atoms with van der Waals surface area (Å²) in [5.74, 6) is -0.0124. The van der Waals surface area contributed by atoms with Crippen molar-refractivity contribution in [1.29, 1.82) is 0 Å². The number of morpholine rings is 1. The molecule has 1 aromatic heterocycles. The zero-order valence-corrected chi connectivity index (χ0v) is 19.9. The average Bonchev–Trinajstić information content (AvgIpc) is 3.20. The van der Waals surface area contributed by atoms with Crippen molar-refractivity contribution in [2.24, 2.45) is 0 Å². The number of anilines is 1. The number of halogens is 1. The molecule has 2 aromatic carbocycles. The molecule has 1 amide bonds. The lowest BCUT2D eigenvalue weighted by atomic mass is 10.1. The molecule has 0 unspecified atom stereocenters. The van der Waals surface area contributed by atoms with Crippen molar-refractivity contribution in [2.45, 2.75) is 27.2 Å². The standard InChI is InChI=1S/C24H28ClN3O2S/c1-16-13-17(2)15-19(14-16)23(29)28(8-4-7-27-9-11-30-12-10-27)24-26-21-18(3)5-6-20(25)22(21)31-24/h5-6,13-15H,4,7-12H2,1-3H3. The predicted molar refractivity (Wildman–Crippen MR) is 129 cm³/mol. The summed E-state index contributed by atoms with van der Waals surface area (Å²) in [4.78, 5) is 22.7. The number of hydrogen-bond acceptors (Lipinski definition) is 5.